The van der Waals surface area contributed by atoms with Crippen LogP contribution in [0.15, 0.2) is 425 Å². The number of para-hydroxylation sites is 12. The molecule has 26 aromatic rings. The van der Waals surface area contributed by atoms with E-state index in [2.05, 4.69) is 347 Å². The lowest BCUT2D eigenvalue weighted by molar-refractivity contribution is 0.311. The summed E-state index contributed by atoms with van der Waals surface area (Å²) in [6, 6.07) is 141. The van der Waals surface area contributed by atoms with E-state index >= 15 is 0 Å². The maximum Gasteiger partial charge on any atom is 1.20 e. The molecule has 0 amide bonds. The summed E-state index contributed by atoms with van der Waals surface area (Å²) in [5, 5.41) is 18.0. The van der Waals surface area contributed by atoms with Gasteiger partial charge in [-0.1, -0.05) is 231 Å². The fourth-order valence-corrected chi connectivity index (χ4v) is 21.1. The second-order valence-corrected chi connectivity index (χ2v) is 33.4. The van der Waals surface area contributed by atoms with Crippen LogP contribution in [0.25, 0.3) is 202 Å². The van der Waals surface area contributed by atoms with Crippen LogP contribution in [0, 0.1) is 0 Å². The number of aromatic nitrogens is 9. The Morgan fingerprint density at radius 2 is 0.524 bits per heavy atom. The van der Waals surface area contributed by atoms with Gasteiger partial charge in [-0.15, -0.1) is 11.3 Å². The second kappa shape index (κ2) is 30.1. The predicted octanol–water partition coefficient (Wildman–Crippen LogP) is 28.1. The molecule has 14 heteroatoms. The highest BCUT2D eigenvalue weighted by Gasteiger charge is 2.46. The second-order valence-electron chi connectivity index (χ2n) is 31.1. The van der Waals surface area contributed by atoms with Crippen molar-refractivity contribution < 1.29 is 11.4 Å². The minimum absolute atomic E-state index is 0.608. The number of thiophene rings is 1. The molecule has 124 heavy (non-hydrogen) atoms. The summed E-state index contributed by atoms with van der Waals surface area (Å²) in [6.45, 7) is 0. The molecule has 0 N–H and O–H groups in total. The van der Waals surface area contributed by atoms with Crippen LogP contribution in [0.3, 0.4) is 0 Å². The molecular formula is C110H70AlN9O3S. The van der Waals surface area contributed by atoms with E-state index < -0.39 is 15.1 Å². The molecule has 0 bridgehead atoms. The van der Waals surface area contributed by atoms with Crippen molar-refractivity contribution in [2.24, 2.45) is 0 Å². The molecule has 0 radical (unpaired) electrons. The molecule has 0 spiro atoms. The number of hydrogen-bond acceptors (Lipinski definition) is 8. The van der Waals surface area contributed by atoms with E-state index in [9.17, 15) is 0 Å². The molecule has 0 saturated heterocycles. The van der Waals surface area contributed by atoms with Crippen molar-refractivity contribution in [2.45, 2.75) is 0 Å². The third-order valence-electron chi connectivity index (χ3n) is 24.1. The van der Waals surface area contributed by atoms with E-state index in [1.54, 1.807) is 18.6 Å². The molecule has 10 aromatic heterocycles. The lowest BCUT2D eigenvalue weighted by Gasteiger charge is -2.18. The summed E-state index contributed by atoms with van der Waals surface area (Å²) >= 11 is -1.03. The van der Waals surface area contributed by atoms with E-state index in [1.165, 1.54) is 157 Å². The number of fused-ring (bicyclic) bond motifs is 21. The first-order valence-corrected chi connectivity index (χ1v) is 43.8. The van der Waals surface area contributed by atoms with Gasteiger partial charge in [-0.2, -0.15) is 0 Å². The first-order valence-electron chi connectivity index (χ1n) is 41.5. The van der Waals surface area contributed by atoms with Crippen molar-refractivity contribution in [1.29, 1.82) is 0 Å². The zero-order valence-electron chi connectivity index (χ0n) is 66.6. The maximum atomic E-state index is 6.41. The van der Waals surface area contributed by atoms with Crippen LogP contribution in [0.1, 0.15) is 0 Å². The summed E-state index contributed by atoms with van der Waals surface area (Å²) in [6.07, 6.45) is 7.20. The minimum atomic E-state index is -2.86. The Labute approximate surface area is 719 Å². The molecule has 10 heterocycles. The van der Waals surface area contributed by atoms with Crippen LogP contribution in [-0.4, -0.2) is 57.9 Å². The van der Waals surface area contributed by atoms with Crippen LogP contribution in [0.4, 0.5) is 0 Å². The van der Waals surface area contributed by atoms with Gasteiger partial charge in [0.15, 0.2) is 5.82 Å². The smallest absolute Gasteiger partial charge is 0.576 e. The molecule has 0 fully saturated rings. The van der Waals surface area contributed by atoms with Crippen molar-refractivity contribution in [2.75, 3.05) is 0 Å². The first kappa shape index (κ1) is 72.1. The highest BCUT2D eigenvalue weighted by Crippen LogP contribution is 2.45. The van der Waals surface area contributed by atoms with Gasteiger partial charge in [-0.3, -0.25) is 19.5 Å². The van der Waals surface area contributed by atoms with Gasteiger partial charge in [0.25, 0.3) is 0 Å². The summed E-state index contributed by atoms with van der Waals surface area (Å²) in [5.74, 6) is 2.81. The van der Waals surface area contributed by atoms with Crippen LogP contribution in [0.5, 0.6) is 17.2 Å². The average Bonchev–Trinajstić information content (AvgIpc) is 1.57. The topological polar surface area (TPSA) is 104 Å². The molecule has 0 atom stereocenters. The number of pyridine rings is 4. The third kappa shape index (κ3) is 12.2. The summed E-state index contributed by atoms with van der Waals surface area (Å²) < 4.78 is 33.6. The molecule has 12 nitrogen and oxygen atoms in total. The van der Waals surface area contributed by atoms with Gasteiger partial charge in [0.2, 0.25) is 0 Å². The van der Waals surface area contributed by atoms with E-state index in [4.69, 9.17) is 16.3 Å². The highest BCUT2D eigenvalue weighted by molar-refractivity contribution is 7.26. The summed E-state index contributed by atoms with van der Waals surface area (Å²) in [5.41, 5.74) is 21.4. The lowest BCUT2D eigenvalue weighted by Crippen LogP contribution is -2.37. The minimum Gasteiger partial charge on any atom is -0.576 e. The first-order chi connectivity index (χ1) is 61.5. The van der Waals surface area contributed by atoms with Gasteiger partial charge in [0, 0.05) is 133 Å². The van der Waals surface area contributed by atoms with Crippen molar-refractivity contribution in [3.63, 3.8) is 0 Å². The van der Waals surface area contributed by atoms with Crippen LogP contribution in [-0.2, 0) is 0 Å². The fourth-order valence-electron chi connectivity index (χ4n) is 18.6. The summed E-state index contributed by atoms with van der Waals surface area (Å²) in [4.78, 5) is 18.5. The van der Waals surface area contributed by atoms with Gasteiger partial charge >= 0.3 is 15.1 Å². The maximum absolute atomic E-state index is 6.41. The normalized spacial score (nSPS) is 11.7. The van der Waals surface area contributed by atoms with Crippen molar-refractivity contribution >= 4 is 188 Å². The molecular weight excluding hydrogens is 1550 g/mol. The Balaban J connectivity index is 0.000000107. The van der Waals surface area contributed by atoms with Crippen molar-refractivity contribution in [3.05, 3.63) is 425 Å². The molecule has 0 aliphatic carbocycles. The fraction of sp³-hybridized carbons (Fsp3) is 0. The standard InChI is InChI=1S/C48H31N3.C35H21N3S.3C9H7NO.Al/c1-3-13-34(14-4-1)49-43-20-10-7-17-37(43)40-29-32(23-26-46(40)49)33-24-27-47-41(30-33)38-18-8-12-22-45(38)51(47)36-25-28-48-42(31-36)39-19-9-11-21-44(39)50(48)35-15-5-2-6-16-35;1-5-13-29-23(9-1)24-10-2-6-14-30(24)37(29)22-17-18-33-28(21-22)27-19-20-36-35(34(27)39-33)38-31-15-7-3-11-25(31)26-12-4-8-16-32(26)38;3*11-8-5-1-3-7-4-2-6-10-9(7)8;/h1-31H;1-21H;3*1-6,11H;/q;;;;;+3/p-3. The van der Waals surface area contributed by atoms with Crippen molar-refractivity contribution in [1.82, 2.24) is 42.8 Å². The quantitative estimate of drug-likeness (QED) is 0.112. The number of hydrogen-bond donors (Lipinski definition) is 0. The van der Waals surface area contributed by atoms with Crippen LogP contribution < -0.4 is 11.4 Å². The predicted molar refractivity (Wildman–Crippen MR) is 514 cm³/mol. The van der Waals surface area contributed by atoms with Gasteiger partial charge in [0.1, 0.15) is 33.8 Å². The Morgan fingerprint density at radius 1 is 0.210 bits per heavy atom. The third-order valence-corrected chi connectivity index (χ3v) is 26.6. The SMILES string of the molecule is c1ccc(-n2c3ccccc3c3cc(-c4ccc5c(c4)c4ccccc4n5-c4ccc5c(c4)c4ccccc4n5-c4ccccc4)ccc32)cc1.c1ccc2c(c1)c1ccccc1n2-c1ccc2sc3c(-n4c5ccccc5c5ccccc54)nccc3c2c1.c1cnc2c([O][Al]([O]c3cccc4cccnc34)[O]c3cccc4cccnc34)cccc2c1. The van der Waals surface area contributed by atoms with Gasteiger partial charge in [-0.05, 0) is 181 Å². The molecule has 0 saturated carbocycles. The van der Waals surface area contributed by atoms with Gasteiger partial charge in [-0.25, -0.2) is 4.98 Å². The Bertz CT molecular complexity index is 8410. The monoisotopic (exact) mass is 1620 g/mol. The zero-order valence-corrected chi connectivity index (χ0v) is 68.6. The van der Waals surface area contributed by atoms with E-state index in [1.807, 2.05) is 109 Å². The lowest BCUT2D eigenvalue weighted by atomic mass is 10.0. The van der Waals surface area contributed by atoms with E-state index in [0.29, 0.717) is 17.2 Å². The number of rotatable bonds is 12. The zero-order chi connectivity index (χ0) is 81.7. The Morgan fingerprint density at radius 3 is 0.927 bits per heavy atom. The summed E-state index contributed by atoms with van der Waals surface area (Å²) in [7, 11) is 0. The number of benzene rings is 16. The Hall–Kier alpha value is -15.9. The van der Waals surface area contributed by atoms with Crippen LogP contribution in [0.2, 0.25) is 0 Å². The molecule has 0 unspecified atom stereocenters. The number of nitrogens with zero attached hydrogens (tertiary/aromatic N) is 9. The Kier molecular flexibility index (Phi) is 17.5. The van der Waals surface area contributed by atoms with E-state index in [-0.39, 0.29) is 0 Å². The van der Waals surface area contributed by atoms with Crippen LogP contribution >= 0.6 is 11.3 Å². The molecule has 16 aromatic carbocycles. The molecule has 0 aliphatic heterocycles. The molecule has 0 aliphatic rings. The largest absolute Gasteiger partial charge is 1.20 e. The van der Waals surface area contributed by atoms with Gasteiger partial charge < -0.3 is 29.6 Å². The molecule has 26 rings (SSSR count). The van der Waals surface area contributed by atoms with Crippen molar-refractivity contribution in [3.8, 4) is 56.9 Å². The van der Waals surface area contributed by atoms with Gasteiger partial charge in [0.05, 0.1) is 59.9 Å². The molecule has 582 valence electrons. The van der Waals surface area contributed by atoms with E-state index in [0.717, 1.165) is 44.2 Å². The highest BCUT2D eigenvalue weighted by atomic mass is 32.1. The average molecular weight is 1620 g/mol.